The van der Waals surface area contributed by atoms with Gasteiger partial charge in [0.15, 0.2) is 11.5 Å². The summed E-state index contributed by atoms with van der Waals surface area (Å²) in [7, 11) is 0. The summed E-state index contributed by atoms with van der Waals surface area (Å²) in [6.45, 7) is -0.0332. The van der Waals surface area contributed by atoms with Crippen LogP contribution in [0.25, 0.3) is 0 Å². The second-order valence-corrected chi connectivity index (χ2v) is 8.58. The highest BCUT2D eigenvalue weighted by Gasteiger charge is 2.17. The van der Waals surface area contributed by atoms with Crippen LogP contribution in [0.2, 0.25) is 0 Å². The van der Waals surface area contributed by atoms with Gasteiger partial charge in [0, 0.05) is 19.3 Å². The Morgan fingerprint density at radius 3 is 1.47 bits per heavy atom. The van der Waals surface area contributed by atoms with Gasteiger partial charge in [0.1, 0.15) is 13.2 Å². The molecule has 0 atom stereocenters. The van der Waals surface area contributed by atoms with Crippen LogP contribution in [0.1, 0.15) is 11.1 Å². The van der Waals surface area contributed by atoms with Crippen molar-refractivity contribution in [1.29, 1.82) is 0 Å². The third-order valence-corrected chi connectivity index (χ3v) is 5.45. The van der Waals surface area contributed by atoms with E-state index in [2.05, 4.69) is 0 Å². The summed E-state index contributed by atoms with van der Waals surface area (Å²) in [6.07, 6.45) is 0. The number of nitrogens with zero attached hydrogens (tertiary/aromatic N) is 2. The standard InChI is InChI=1S/C20H14I2N2O6/c21-15-7-5-13(17(9-15)23(25)26)11-29-19-3-1-2-4-20(19)30-12-14-6-8-16(22)10-18(14)24(27)28/h1-10H,11-12H2. The van der Waals surface area contributed by atoms with E-state index in [1.54, 1.807) is 48.5 Å². The number of halogens is 2. The minimum Gasteiger partial charge on any atom is -0.485 e. The number of ether oxygens (including phenoxy) is 2. The monoisotopic (exact) mass is 632 g/mol. The van der Waals surface area contributed by atoms with Gasteiger partial charge in [-0.05, 0) is 81.6 Å². The summed E-state index contributed by atoms with van der Waals surface area (Å²) in [5, 5.41) is 22.6. The van der Waals surface area contributed by atoms with Gasteiger partial charge in [-0.3, -0.25) is 20.2 Å². The lowest BCUT2D eigenvalue weighted by atomic mass is 10.2. The number of hydrogen-bond acceptors (Lipinski definition) is 6. The summed E-state index contributed by atoms with van der Waals surface area (Å²) in [5.41, 5.74) is 0.830. The largest absolute Gasteiger partial charge is 0.485 e. The van der Waals surface area contributed by atoms with Gasteiger partial charge in [0.05, 0.1) is 21.0 Å². The van der Waals surface area contributed by atoms with Gasteiger partial charge >= 0.3 is 0 Å². The maximum atomic E-state index is 11.3. The molecular formula is C20H14I2N2O6. The van der Waals surface area contributed by atoms with Gasteiger partial charge in [0.25, 0.3) is 11.4 Å². The lowest BCUT2D eigenvalue weighted by Gasteiger charge is -2.13. The molecule has 0 saturated heterocycles. The zero-order valence-corrected chi connectivity index (χ0v) is 19.6. The van der Waals surface area contributed by atoms with Crippen LogP contribution in [-0.4, -0.2) is 9.85 Å². The minimum atomic E-state index is -0.445. The molecule has 0 fully saturated rings. The molecule has 8 nitrogen and oxygen atoms in total. The fraction of sp³-hybridized carbons (Fsp3) is 0.100. The Morgan fingerprint density at radius 2 is 1.10 bits per heavy atom. The Hall–Kier alpha value is -2.48. The molecule has 0 spiro atoms. The van der Waals surface area contributed by atoms with Gasteiger partial charge in [-0.1, -0.05) is 12.1 Å². The van der Waals surface area contributed by atoms with E-state index < -0.39 is 9.85 Å². The van der Waals surface area contributed by atoms with Crippen LogP contribution in [0.4, 0.5) is 11.4 Å². The van der Waals surface area contributed by atoms with Crippen LogP contribution < -0.4 is 9.47 Å². The molecule has 0 saturated carbocycles. The zero-order chi connectivity index (χ0) is 21.7. The lowest BCUT2D eigenvalue weighted by molar-refractivity contribution is -0.386. The summed E-state index contributed by atoms with van der Waals surface area (Å²) >= 11 is 4.03. The highest BCUT2D eigenvalue weighted by atomic mass is 127. The molecule has 0 N–H and O–H groups in total. The van der Waals surface area contributed by atoms with Gasteiger partial charge in [-0.2, -0.15) is 0 Å². The molecule has 3 aromatic rings. The first-order valence-electron chi connectivity index (χ1n) is 8.55. The van der Waals surface area contributed by atoms with Gasteiger partial charge in [-0.15, -0.1) is 0 Å². The quantitative estimate of drug-likeness (QED) is 0.175. The first-order chi connectivity index (χ1) is 14.3. The molecule has 0 radical (unpaired) electrons. The Morgan fingerprint density at radius 1 is 0.700 bits per heavy atom. The van der Waals surface area contributed by atoms with Gasteiger partial charge < -0.3 is 9.47 Å². The molecule has 0 aliphatic heterocycles. The predicted octanol–water partition coefficient (Wildman–Crippen LogP) is 5.87. The Bertz CT molecular complexity index is 1020. The van der Waals surface area contributed by atoms with E-state index in [1.165, 1.54) is 12.1 Å². The Balaban J connectivity index is 1.77. The van der Waals surface area contributed by atoms with Crippen molar-refractivity contribution in [3.8, 4) is 11.5 Å². The van der Waals surface area contributed by atoms with Crippen LogP contribution >= 0.6 is 45.2 Å². The Labute approximate surface area is 198 Å². The van der Waals surface area contributed by atoms with Crippen molar-refractivity contribution < 1.29 is 19.3 Å². The molecule has 0 aliphatic carbocycles. The van der Waals surface area contributed by atoms with Crippen molar-refractivity contribution >= 4 is 56.6 Å². The first kappa shape index (κ1) is 22.2. The molecule has 0 heterocycles. The average molecular weight is 632 g/mol. The second-order valence-electron chi connectivity index (χ2n) is 6.08. The summed E-state index contributed by atoms with van der Waals surface area (Å²) in [5.74, 6) is 0.775. The van der Waals surface area contributed by atoms with Gasteiger partial charge in [0.2, 0.25) is 0 Å². The highest BCUT2D eigenvalue weighted by molar-refractivity contribution is 14.1. The molecule has 0 bridgehead atoms. The summed E-state index contributed by atoms with van der Waals surface area (Å²) in [4.78, 5) is 21.7. The lowest BCUT2D eigenvalue weighted by Crippen LogP contribution is -2.04. The third kappa shape index (κ3) is 5.56. The maximum Gasteiger partial charge on any atom is 0.277 e. The molecule has 10 heteroatoms. The molecule has 30 heavy (non-hydrogen) atoms. The van der Waals surface area contributed by atoms with Crippen molar-refractivity contribution in [2.24, 2.45) is 0 Å². The Kier molecular flexibility index (Phi) is 7.42. The first-order valence-corrected chi connectivity index (χ1v) is 10.7. The zero-order valence-electron chi connectivity index (χ0n) is 15.3. The molecule has 0 aromatic heterocycles. The molecule has 0 amide bonds. The number of nitro benzene ring substituents is 2. The number of para-hydroxylation sites is 2. The van der Waals surface area contributed by atoms with Gasteiger partial charge in [-0.25, -0.2) is 0 Å². The van der Waals surface area contributed by atoms with Crippen LogP contribution in [0.3, 0.4) is 0 Å². The number of nitro groups is 2. The molecule has 0 unspecified atom stereocenters. The van der Waals surface area contributed by atoms with E-state index in [4.69, 9.17) is 9.47 Å². The summed E-state index contributed by atoms with van der Waals surface area (Å²) in [6, 6.07) is 16.7. The maximum absolute atomic E-state index is 11.3. The van der Waals surface area contributed by atoms with E-state index in [1.807, 2.05) is 45.2 Å². The SMILES string of the molecule is O=[N+]([O-])c1cc(I)ccc1COc1ccccc1OCc1ccc(I)cc1[N+](=O)[O-]. The van der Waals surface area contributed by atoms with Crippen molar-refractivity contribution in [1.82, 2.24) is 0 Å². The molecular weight excluding hydrogens is 618 g/mol. The molecule has 154 valence electrons. The number of benzene rings is 3. The smallest absolute Gasteiger partial charge is 0.277 e. The fourth-order valence-corrected chi connectivity index (χ4v) is 3.61. The van der Waals surface area contributed by atoms with E-state index in [-0.39, 0.29) is 24.6 Å². The minimum absolute atomic E-state index is 0.0166. The average Bonchev–Trinajstić information content (AvgIpc) is 2.72. The van der Waals surface area contributed by atoms with E-state index in [0.717, 1.165) is 7.14 Å². The normalized spacial score (nSPS) is 10.5. The molecule has 0 aliphatic rings. The molecule has 3 aromatic carbocycles. The second kappa shape index (κ2) is 10.0. The van der Waals surface area contributed by atoms with Crippen LogP contribution in [-0.2, 0) is 13.2 Å². The molecule has 3 rings (SSSR count). The van der Waals surface area contributed by atoms with Crippen molar-refractivity contribution in [2.45, 2.75) is 13.2 Å². The van der Waals surface area contributed by atoms with E-state index in [9.17, 15) is 20.2 Å². The van der Waals surface area contributed by atoms with Crippen LogP contribution in [0.15, 0.2) is 60.7 Å². The van der Waals surface area contributed by atoms with Crippen molar-refractivity contribution in [3.63, 3.8) is 0 Å². The fourth-order valence-electron chi connectivity index (χ4n) is 2.66. The van der Waals surface area contributed by atoms with Crippen molar-refractivity contribution in [2.75, 3.05) is 0 Å². The van der Waals surface area contributed by atoms with E-state index >= 15 is 0 Å². The third-order valence-electron chi connectivity index (χ3n) is 4.10. The highest BCUT2D eigenvalue weighted by Crippen LogP contribution is 2.31. The van der Waals surface area contributed by atoms with E-state index in [0.29, 0.717) is 22.6 Å². The van der Waals surface area contributed by atoms with Crippen LogP contribution in [0.5, 0.6) is 11.5 Å². The topological polar surface area (TPSA) is 105 Å². The van der Waals surface area contributed by atoms with Crippen molar-refractivity contribution in [3.05, 3.63) is 99.2 Å². The number of hydrogen-bond donors (Lipinski definition) is 0. The predicted molar refractivity (Wildman–Crippen MR) is 127 cm³/mol. The number of rotatable bonds is 8. The van der Waals surface area contributed by atoms with Crippen LogP contribution in [0, 0.1) is 27.4 Å². The summed E-state index contributed by atoms with van der Waals surface area (Å²) < 4.78 is 13.1.